The molecule has 31 heavy (non-hydrogen) atoms. The Morgan fingerprint density at radius 3 is 2.29 bits per heavy atom. The van der Waals surface area contributed by atoms with Crippen LogP contribution in [0.3, 0.4) is 0 Å². The summed E-state index contributed by atoms with van der Waals surface area (Å²) in [5.74, 6) is 0.558. The lowest BCUT2D eigenvalue weighted by atomic mass is 10.1. The highest BCUT2D eigenvalue weighted by Crippen LogP contribution is 2.16. The molecule has 0 bridgehead atoms. The Bertz CT molecular complexity index is 818. The molecule has 7 nitrogen and oxygen atoms in total. The van der Waals surface area contributed by atoms with Crippen LogP contribution in [0.1, 0.15) is 37.0 Å². The van der Waals surface area contributed by atoms with E-state index in [0.29, 0.717) is 24.5 Å². The van der Waals surface area contributed by atoms with Crippen molar-refractivity contribution in [3.63, 3.8) is 0 Å². The monoisotopic (exact) mass is 427 g/mol. The molecule has 0 saturated heterocycles. The molecule has 2 rings (SSSR count). The number of carbonyl (C=O) groups excluding carboxylic acids is 2. The largest absolute Gasteiger partial charge is 0.491 e. The van der Waals surface area contributed by atoms with Crippen molar-refractivity contribution in [3.8, 4) is 5.75 Å². The van der Waals surface area contributed by atoms with Gasteiger partial charge < -0.3 is 25.0 Å². The number of carbonyl (C=O) groups is 2. The molecule has 0 aliphatic carbocycles. The maximum Gasteiger partial charge on any atom is 0.253 e. The summed E-state index contributed by atoms with van der Waals surface area (Å²) in [7, 11) is 1.62. The zero-order valence-corrected chi connectivity index (χ0v) is 18.6. The Balaban J connectivity index is 1.87. The Hall–Kier alpha value is -3.06. The van der Waals surface area contributed by atoms with Crippen LogP contribution in [0.2, 0.25) is 0 Å². The summed E-state index contributed by atoms with van der Waals surface area (Å²) in [6.07, 6.45) is 1.84. The first-order chi connectivity index (χ1) is 15.1. The van der Waals surface area contributed by atoms with Gasteiger partial charge in [0.25, 0.3) is 5.91 Å². The fraction of sp³-hybridized carbons (Fsp3) is 0.417. The molecule has 0 aromatic heterocycles. The summed E-state index contributed by atoms with van der Waals surface area (Å²) in [5, 5.41) is 5.93. The second kappa shape index (κ2) is 13.3. The number of hydrogen-bond donors (Lipinski definition) is 2. The Morgan fingerprint density at radius 1 is 0.935 bits per heavy atom. The molecule has 0 unspecified atom stereocenters. The summed E-state index contributed by atoms with van der Waals surface area (Å²) in [6, 6.07) is 14.4. The molecule has 0 aliphatic heterocycles. The lowest BCUT2D eigenvalue weighted by Crippen LogP contribution is -2.32. The molecule has 0 radical (unpaired) electrons. The molecule has 0 aliphatic rings. The third-order valence-corrected chi connectivity index (χ3v) is 4.53. The topological polar surface area (TPSA) is 79.9 Å². The Labute approximate surface area is 184 Å². The molecule has 2 aromatic carbocycles. The van der Waals surface area contributed by atoms with Crippen molar-refractivity contribution in [2.45, 2.75) is 26.7 Å². The number of nitrogens with zero attached hydrogens (tertiary/aromatic N) is 1. The van der Waals surface area contributed by atoms with Crippen molar-refractivity contribution in [3.05, 3.63) is 54.1 Å². The van der Waals surface area contributed by atoms with Crippen LogP contribution in [-0.4, -0.2) is 56.7 Å². The molecule has 0 fully saturated rings. The van der Waals surface area contributed by atoms with E-state index in [0.717, 1.165) is 37.4 Å². The molecular weight excluding hydrogens is 394 g/mol. The normalized spacial score (nSPS) is 10.4. The van der Waals surface area contributed by atoms with E-state index in [1.54, 1.807) is 37.4 Å². The number of methoxy groups -OCH3 is 1. The molecule has 0 saturated carbocycles. The lowest BCUT2D eigenvalue weighted by molar-refractivity contribution is -0.114. The van der Waals surface area contributed by atoms with E-state index in [1.807, 2.05) is 23.1 Å². The van der Waals surface area contributed by atoms with Crippen LogP contribution in [-0.2, 0) is 9.53 Å². The number of nitrogens with one attached hydrogen (secondary N) is 2. The first-order valence-corrected chi connectivity index (χ1v) is 10.7. The van der Waals surface area contributed by atoms with Crippen LogP contribution >= 0.6 is 0 Å². The molecule has 168 valence electrons. The fourth-order valence-corrected chi connectivity index (χ4v) is 3.06. The third kappa shape index (κ3) is 8.30. The SMILES string of the molecule is CCCN(CCC)C(=O)c1cccc(NCC(=O)Nc2ccc(OCCOC)cc2)c1. The van der Waals surface area contributed by atoms with Crippen molar-refractivity contribution in [2.75, 3.05) is 50.6 Å². The van der Waals surface area contributed by atoms with Crippen molar-refractivity contribution >= 4 is 23.2 Å². The van der Waals surface area contributed by atoms with Crippen molar-refractivity contribution in [1.29, 1.82) is 0 Å². The maximum atomic E-state index is 12.8. The molecule has 0 atom stereocenters. The lowest BCUT2D eigenvalue weighted by Gasteiger charge is -2.21. The predicted octanol–water partition coefficient (Wildman–Crippen LogP) is 4.02. The van der Waals surface area contributed by atoms with E-state index in [4.69, 9.17) is 9.47 Å². The summed E-state index contributed by atoms with van der Waals surface area (Å²) < 4.78 is 10.5. The van der Waals surface area contributed by atoms with E-state index in [-0.39, 0.29) is 18.4 Å². The molecule has 2 N–H and O–H groups in total. The van der Waals surface area contributed by atoms with Gasteiger partial charge in [-0.3, -0.25) is 9.59 Å². The van der Waals surface area contributed by atoms with Gasteiger partial charge in [0.05, 0.1) is 13.2 Å². The number of rotatable bonds is 13. The van der Waals surface area contributed by atoms with Gasteiger partial charge in [-0.1, -0.05) is 19.9 Å². The van der Waals surface area contributed by atoms with Crippen LogP contribution in [0.15, 0.2) is 48.5 Å². The van der Waals surface area contributed by atoms with Gasteiger partial charge in [0.1, 0.15) is 12.4 Å². The van der Waals surface area contributed by atoms with Gasteiger partial charge in [-0.2, -0.15) is 0 Å². The first-order valence-electron chi connectivity index (χ1n) is 10.7. The number of ether oxygens (including phenoxy) is 2. The number of benzene rings is 2. The van der Waals surface area contributed by atoms with E-state index in [9.17, 15) is 9.59 Å². The molecule has 7 heteroatoms. The highest BCUT2D eigenvalue weighted by Gasteiger charge is 2.14. The smallest absolute Gasteiger partial charge is 0.253 e. The van der Waals surface area contributed by atoms with Gasteiger partial charge in [-0.25, -0.2) is 0 Å². The van der Waals surface area contributed by atoms with Crippen LogP contribution in [0, 0.1) is 0 Å². The van der Waals surface area contributed by atoms with Gasteiger partial charge in [0.15, 0.2) is 0 Å². The summed E-state index contributed by atoms with van der Waals surface area (Å²) in [5.41, 5.74) is 2.04. The Kier molecular flexibility index (Phi) is 10.4. The predicted molar refractivity (Wildman–Crippen MR) is 124 cm³/mol. The fourth-order valence-electron chi connectivity index (χ4n) is 3.06. The van der Waals surface area contributed by atoms with Gasteiger partial charge in [0.2, 0.25) is 5.91 Å². The highest BCUT2D eigenvalue weighted by atomic mass is 16.5. The van der Waals surface area contributed by atoms with Crippen LogP contribution < -0.4 is 15.4 Å². The summed E-state index contributed by atoms with van der Waals surface area (Å²) in [6.45, 7) is 6.70. The highest BCUT2D eigenvalue weighted by molar-refractivity contribution is 5.96. The summed E-state index contributed by atoms with van der Waals surface area (Å²) in [4.78, 5) is 26.9. The molecule has 0 spiro atoms. The average molecular weight is 428 g/mol. The number of anilines is 2. The van der Waals surface area contributed by atoms with Crippen LogP contribution in [0.4, 0.5) is 11.4 Å². The van der Waals surface area contributed by atoms with Crippen molar-refractivity contribution in [1.82, 2.24) is 4.90 Å². The minimum Gasteiger partial charge on any atom is -0.491 e. The van der Waals surface area contributed by atoms with Gasteiger partial charge in [-0.15, -0.1) is 0 Å². The molecule has 0 heterocycles. The quantitative estimate of drug-likeness (QED) is 0.472. The second-order valence-corrected chi connectivity index (χ2v) is 7.14. The van der Waals surface area contributed by atoms with E-state index in [1.165, 1.54) is 0 Å². The van der Waals surface area contributed by atoms with Gasteiger partial charge in [0, 0.05) is 37.1 Å². The van der Waals surface area contributed by atoms with Crippen LogP contribution in [0.5, 0.6) is 5.75 Å². The zero-order chi connectivity index (χ0) is 22.5. The minimum atomic E-state index is -0.177. The Morgan fingerprint density at radius 2 is 1.65 bits per heavy atom. The molecule has 2 aromatic rings. The first kappa shape index (κ1) is 24.2. The average Bonchev–Trinajstić information content (AvgIpc) is 2.78. The number of hydrogen-bond acceptors (Lipinski definition) is 5. The van der Waals surface area contributed by atoms with Crippen molar-refractivity contribution < 1.29 is 19.1 Å². The zero-order valence-electron chi connectivity index (χ0n) is 18.6. The standard InChI is InChI=1S/C24H33N3O4/c1-4-13-27(14-5-2)24(29)19-7-6-8-21(17-19)25-18-23(28)26-20-9-11-22(12-10-20)31-16-15-30-3/h6-12,17,25H,4-5,13-16,18H2,1-3H3,(H,26,28). The van der Waals surface area contributed by atoms with E-state index in [2.05, 4.69) is 24.5 Å². The minimum absolute atomic E-state index is 0.0182. The van der Waals surface area contributed by atoms with Crippen molar-refractivity contribution in [2.24, 2.45) is 0 Å². The molecule has 2 amide bonds. The number of amides is 2. The van der Waals surface area contributed by atoms with E-state index >= 15 is 0 Å². The summed E-state index contributed by atoms with van der Waals surface area (Å²) >= 11 is 0. The van der Waals surface area contributed by atoms with Crippen LogP contribution in [0.25, 0.3) is 0 Å². The molecular formula is C24H33N3O4. The van der Waals surface area contributed by atoms with Gasteiger partial charge >= 0.3 is 0 Å². The maximum absolute atomic E-state index is 12.8. The second-order valence-electron chi connectivity index (χ2n) is 7.14. The van der Waals surface area contributed by atoms with E-state index < -0.39 is 0 Å². The van der Waals surface area contributed by atoms with Gasteiger partial charge in [-0.05, 0) is 55.3 Å². The third-order valence-electron chi connectivity index (χ3n) is 4.53.